The van der Waals surface area contributed by atoms with Gasteiger partial charge in [-0.25, -0.2) is 0 Å². The molecule has 0 aromatic heterocycles. The molecule has 0 saturated heterocycles. The first-order chi connectivity index (χ1) is 6.81. The molecule has 2 aromatic carbocycles. The zero-order valence-electron chi connectivity index (χ0n) is 7.67. The Kier molecular flexibility index (Phi) is 5.83. The van der Waals surface area contributed by atoms with Crippen molar-refractivity contribution < 1.29 is 14.4 Å². The first-order valence-corrected chi connectivity index (χ1v) is 9.41. The van der Waals surface area contributed by atoms with Crippen LogP contribution in [0.1, 0.15) is 0 Å². The van der Waals surface area contributed by atoms with Crippen LogP contribution in [-0.4, -0.2) is 9.52 Å². The standard InChI is InChI=1S/C10H9Si.2ClH.V/c1-11-10-6-8-4-2-3-5-9(8)7-10;;;/h2-7H,1H3;2*1H;/q-1;;;+2/p-2. The summed E-state index contributed by atoms with van der Waals surface area (Å²) < 4.78 is 0. The molecule has 0 aliphatic heterocycles. The molecule has 4 heteroatoms. The van der Waals surface area contributed by atoms with Gasteiger partial charge in [0.25, 0.3) is 0 Å². The molecule has 0 amide bonds. The van der Waals surface area contributed by atoms with Crippen LogP contribution in [0.5, 0.6) is 0 Å². The molecule has 2 radical (unpaired) electrons. The van der Waals surface area contributed by atoms with E-state index in [1.807, 2.05) is 0 Å². The fraction of sp³-hybridized carbons (Fsp3) is 0.100. The number of hydrogen-bond acceptors (Lipinski definition) is 0. The summed E-state index contributed by atoms with van der Waals surface area (Å²) in [5.41, 5.74) is 0. The van der Waals surface area contributed by atoms with Crippen molar-refractivity contribution in [3.05, 3.63) is 36.4 Å². The Labute approximate surface area is 102 Å². The summed E-state index contributed by atoms with van der Waals surface area (Å²) >= 11 is -0.368. The summed E-state index contributed by atoms with van der Waals surface area (Å²) in [6.07, 6.45) is 0. The van der Waals surface area contributed by atoms with Gasteiger partial charge in [0.1, 0.15) is 0 Å². The Balaban J connectivity index is 0.000000293. The van der Waals surface area contributed by atoms with Crippen LogP contribution >= 0.6 is 19.7 Å². The second kappa shape index (κ2) is 6.65. The van der Waals surface area contributed by atoms with Gasteiger partial charge in [0.15, 0.2) is 0 Å². The normalized spacial score (nSPS) is 9.36. The molecule has 0 atom stereocenters. The Bertz CT molecular complexity index is 353. The van der Waals surface area contributed by atoms with Crippen molar-refractivity contribution in [3.8, 4) is 0 Å². The predicted molar refractivity (Wildman–Crippen MR) is 62.5 cm³/mol. The van der Waals surface area contributed by atoms with E-state index in [4.69, 9.17) is 19.7 Å². The van der Waals surface area contributed by atoms with Gasteiger partial charge in [0.05, 0.1) is 9.52 Å². The zero-order chi connectivity index (χ0) is 10.4. The number of halogens is 2. The van der Waals surface area contributed by atoms with E-state index in [-0.39, 0.29) is 14.4 Å². The van der Waals surface area contributed by atoms with Crippen molar-refractivity contribution in [1.82, 2.24) is 0 Å². The fourth-order valence-electron chi connectivity index (χ4n) is 1.29. The number of hydrogen-bond donors (Lipinski definition) is 0. The zero-order valence-corrected chi connectivity index (χ0v) is 11.6. The third-order valence-corrected chi connectivity index (χ3v) is 2.77. The van der Waals surface area contributed by atoms with Gasteiger partial charge in [0.2, 0.25) is 0 Å². The monoisotopic (exact) mass is 278 g/mol. The maximum atomic E-state index is 4.86. The molecule has 0 nitrogen and oxygen atoms in total. The van der Waals surface area contributed by atoms with Crippen LogP contribution in [0, 0.1) is 0 Å². The molecule has 73 valence electrons. The van der Waals surface area contributed by atoms with Crippen LogP contribution in [0.3, 0.4) is 0 Å². The van der Waals surface area contributed by atoms with E-state index < -0.39 is 0 Å². The number of rotatable bonds is 1. The van der Waals surface area contributed by atoms with E-state index >= 15 is 0 Å². The van der Waals surface area contributed by atoms with Crippen LogP contribution < -0.4 is 5.19 Å². The van der Waals surface area contributed by atoms with Crippen LogP contribution in [0.15, 0.2) is 36.4 Å². The molecule has 0 heterocycles. The van der Waals surface area contributed by atoms with Crippen molar-refractivity contribution >= 4 is 45.2 Å². The van der Waals surface area contributed by atoms with Gasteiger partial charge in [-0.15, -0.1) is 29.7 Å². The third-order valence-electron chi connectivity index (χ3n) is 1.91. The van der Waals surface area contributed by atoms with Crippen LogP contribution in [0.25, 0.3) is 10.8 Å². The minimum absolute atomic E-state index is 0.368. The Morgan fingerprint density at radius 3 is 2.50 bits per heavy atom. The van der Waals surface area contributed by atoms with Gasteiger partial charge in [-0.2, -0.15) is 16.6 Å². The molecule has 2 aromatic rings. The molecule has 0 saturated carbocycles. The van der Waals surface area contributed by atoms with Gasteiger partial charge < -0.3 is 0 Å². The van der Waals surface area contributed by atoms with Crippen molar-refractivity contribution in [1.29, 1.82) is 0 Å². The van der Waals surface area contributed by atoms with Crippen molar-refractivity contribution in [3.63, 3.8) is 0 Å². The fourth-order valence-corrected chi connectivity index (χ4v) is 1.89. The molecule has 0 bridgehead atoms. The molecule has 2 rings (SSSR count). The van der Waals surface area contributed by atoms with Gasteiger partial charge in [0, 0.05) is 0 Å². The molecule has 14 heavy (non-hydrogen) atoms. The van der Waals surface area contributed by atoms with Crippen LogP contribution in [0.2, 0.25) is 6.55 Å². The van der Waals surface area contributed by atoms with E-state index in [1.165, 1.54) is 16.0 Å². The Hall–Kier alpha value is 0.211. The Morgan fingerprint density at radius 2 is 1.93 bits per heavy atom. The third kappa shape index (κ3) is 3.41. The van der Waals surface area contributed by atoms with Crippen LogP contribution in [0.4, 0.5) is 0 Å². The SMILES string of the molecule is C[Si]c1cc2ccccc2[cH-]1.[Cl][V][Cl]. The Morgan fingerprint density at radius 1 is 1.29 bits per heavy atom. The van der Waals surface area contributed by atoms with Gasteiger partial charge >= 0.3 is 34.1 Å². The summed E-state index contributed by atoms with van der Waals surface area (Å²) in [7, 11) is 10.6. The molecule has 0 fully saturated rings. The van der Waals surface area contributed by atoms with Crippen molar-refractivity contribution in [2.24, 2.45) is 0 Å². The van der Waals surface area contributed by atoms with Gasteiger partial charge in [-0.3, -0.25) is 0 Å². The van der Waals surface area contributed by atoms with E-state index in [9.17, 15) is 0 Å². The molecule has 0 N–H and O–H groups in total. The van der Waals surface area contributed by atoms with Crippen LogP contribution in [-0.2, 0) is 14.4 Å². The van der Waals surface area contributed by atoms with E-state index in [1.54, 1.807) is 0 Å². The second-order valence-corrected chi connectivity index (χ2v) is 6.07. The number of fused-ring (bicyclic) bond motifs is 1. The van der Waals surface area contributed by atoms with E-state index in [2.05, 4.69) is 42.9 Å². The molecule has 0 aliphatic rings. The maximum absolute atomic E-state index is 4.86. The molecular weight excluding hydrogens is 270 g/mol. The summed E-state index contributed by atoms with van der Waals surface area (Å²) in [6, 6.07) is 13.1. The molecular formula is C10H9Cl2SiV-. The first-order valence-electron chi connectivity index (χ1n) is 4.07. The predicted octanol–water partition coefficient (Wildman–Crippen LogP) is 3.31. The first kappa shape index (κ1) is 12.3. The second-order valence-electron chi connectivity index (χ2n) is 2.69. The van der Waals surface area contributed by atoms with Crippen molar-refractivity contribution in [2.75, 3.05) is 0 Å². The average Bonchev–Trinajstić information content (AvgIpc) is 2.61. The minimum atomic E-state index is -0.368. The molecule has 0 unspecified atom stereocenters. The number of benzene rings is 1. The van der Waals surface area contributed by atoms with E-state index in [0.29, 0.717) is 0 Å². The molecule has 0 aliphatic carbocycles. The van der Waals surface area contributed by atoms with Gasteiger partial charge in [-0.05, 0) is 0 Å². The summed E-state index contributed by atoms with van der Waals surface area (Å²) in [6.45, 7) is 2.22. The van der Waals surface area contributed by atoms with Gasteiger partial charge in [-0.1, -0.05) is 12.6 Å². The summed E-state index contributed by atoms with van der Waals surface area (Å²) in [5, 5.41) is 4.21. The van der Waals surface area contributed by atoms with Crippen molar-refractivity contribution in [2.45, 2.75) is 6.55 Å². The topological polar surface area (TPSA) is 0 Å². The molecule has 0 spiro atoms. The van der Waals surface area contributed by atoms with E-state index in [0.717, 1.165) is 9.52 Å². The summed E-state index contributed by atoms with van der Waals surface area (Å²) in [5.74, 6) is 0. The quantitative estimate of drug-likeness (QED) is 0.555. The summed E-state index contributed by atoms with van der Waals surface area (Å²) in [4.78, 5) is 0. The average molecular weight is 279 g/mol.